The van der Waals surface area contributed by atoms with E-state index in [9.17, 15) is 4.79 Å². The first-order valence-corrected chi connectivity index (χ1v) is 6.42. The van der Waals surface area contributed by atoms with Crippen molar-refractivity contribution in [3.63, 3.8) is 0 Å². The zero-order valence-corrected chi connectivity index (χ0v) is 11.9. The van der Waals surface area contributed by atoms with Gasteiger partial charge in [-0.05, 0) is 33.3 Å². The Morgan fingerprint density at radius 2 is 2.16 bits per heavy atom. The van der Waals surface area contributed by atoms with Crippen LogP contribution in [0.5, 0.6) is 5.88 Å². The van der Waals surface area contributed by atoms with Crippen LogP contribution in [0.1, 0.15) is 44.5 Å². The molecule has 0 radical (unpaired) electrons. The summed E-state index contributed by atoms with van der Waals surface area (Å²) in [6.07, 6.45) is 2.15. The number of aliphatic hydroxyl groups excluding tert-OH is 1. The Kier molecular flexibility index (Phi) is 5.30. The standard InChI is InChI=1S/C14H22N2O3/c1-5-11(9-17)16-13(18)10-6-7-12(15-8-10)19-14(2,3)4/h6-8,11,17H,5,9H2,1-4H3,(H,16,18). The normalized spacial score (nSPS) is 12.9. The summed E-state index contributed by atoms with van der Waals surface area (Å²) in [5.41, 5.74) is 0.134. The smallest absolute Gasteiger partial charge is 0.253 e. The van der Waals surface area contributed by atoms with Crippen molar-refractivity contribution in [2.45, 2.75) is 45.8 Å². The van der Waals surface area contributed by atoms with Gasteiger partial charge in [0, 0.05) is 12.3 Å². The molecule has 106 valence electrons. The number of aromatic nitrogens is 1. The molecular formula is C14H22N2O3. The minimum atomic E-state index is -0.318. The van der Waals surface area contributed by atoms with E-state index in [0.29, 0.717) is 17.9 Å². The summed E-state index contributed by atoms with van der Waals surface area (Å²) >= 11 is 0. The van der Waals surface area contributed by atoms with E-state index in [0.717, 1.165) is 0 Å². The average Bonchev–Trinajstić information content (AvgIpc) is 2.34. The molecule has 5 heteroatoms. The first-order valence-electron chi connectivity index (χ1n) is 6.42. The molecule has 1 heterocycles. The van der Waals surface area contributed by atoms with Gasteiger partial charge in [-0.2, -0.15) is 0 Å². The van der Waals surface area contributed by atoms with E-state index < -0.39 is 0 Å². The van der Waals surface area contributed by atoms with Crippen LogP contribution < -0.4 is 10.1 Å². The summed E-state index contributed by atoms with van der Waals surface area (Å²) in [5, 5.41) is 11.8. The third-order valence-corrected chi connectivity index (χ3v) is 2.46. The first-order chi connectivity index (χ1) is 8.85. The number of carbonyl (C=O) groups excluding carboxylic acids is 1. The number of ether oxygens (including phenoxy) is 1. The predicted octanol–water partition coefficient (Wildman–Crippen LogP) is 1.76. The maximum atomic E-state index is 11.9. The highest BCUT2D eigenvalue weighted by atomic mass is 16.5. The molecule has 0 fully saturated rings. The molecule has 0 aliphatic heterocycles. The Balaban J connectivity index is 2.68. The Bertz CT molecular complexity index is 406. The fourth-order valence-electron chi connectivity index (χ4n) is 1.43. The van der Waals surface area contributed by atoms with Crippen LogP contribution in [0.2, 0.25) is 0 Å². The summed E-state index contributed by atoms with van der Waals surface area (Å²) in [5.74, 6) is 0.244. The Morgan fingerprint density at radius 3 is 2.58 bits per heavy atom. The monoisotopic (exact) mass is 266 g/mol. The van der Waals surface area contributed by atoms with E-state index in [4.69, 9.17) is 9.84 Å². The lowest BCUT2D eigenvalue weighted by molar-refractivity contribution is 0.0914. The second-order valence-corrected chi connectivity index (χ2v) is 5.36. The molecule has 0 aliphatic carbocycles. The number of hydrogen-bond donors (Lipinski definition) is 2. The second kappa shape index (κ2) is 6.52. The lowest BCUT2D eigenvalue weighted by Gasteiger charge is -2.20. The quantitative estimate of drug-likeness (QED) is 0.852. The van der Waals surface area contributed by atoms with Gasteiger partial charge in [-0.25, -0.2) is 4.98 Å². The maximum absolute atomic E-state index is 11.9. The van der Waals surface area contributed by atoms with E-state index in [2.05, 4.69) is 10.3 Å². The molecule has 1 aromatic rings. The number of aliphatic hydroxyl groups is 1. The van der Waals surface area contributed by atoms with E-state index in [1.807, 2.05) is 27.7 Å². The van der Waals surface area contributed by atoms with Crippen molar-refractivity contribution >= 4 is 5.91 Å². The number of hydrogen-bond acceptors (Lipinski definition) is 4. The predicted molar refractivity (Wildman–Crippen MR) is 73.2 cm³/mol. The van der Waals surface area contributed by atoms with Crippen LogP contribution in [-0.2, 0) is 0 Å². The molecule has 5 nitrogen and oxygen atoms in total. The van der Waals surface area contributed by atoms with Gasteiger partial charge in [0.2, 0.25) is 5.88 Å². The number of rotatable bonds is 5. The van der Waals surface area contributed by atoms with Crippen LogP contribution in [0.3, 0.4) is 0 Å². The largest absolute Gasteiger partial charge is 0.472 e. The summed E-state index contributed by atoms with van der Waals surface area (Å²) in [6.45, 7) is 7.63. The van der Waals surface area contributed by atoms with Gasteiger partial charge < -0.3 is 15.2 Å². The summed E-state index contributed by atoms with van der Waals surface area (Å²) in [7, 11) is 0. The fraction of sp³-hybridized carbons (Fsp3) is 0.571. The van der Waals surface area contributed by atoms with Gasteiger partial charge in [-0.1, -0.05) is 6.92 Å². The van der Waals surface area contributed by atoms with Crippen LogP contribution in [-0.4, -0.2) is 34.2 Å². The number of nitrogens with one attached hydrogen (secondary N) is 1. The molecular weight excluding hydrogens is 244 g/mol. The van der Waals surface area contributed by atoms with Crippen LogP contribution in [0.25, 0.3) is 0 Å². The van der Waals surface area contributed by atoms with Gasteiger partial charge >= 0.3 is 0 Å². The molecule has 1 unspecified atom stereocenters. The Hall–Kier alpha value is -1.62. The molecule has 0 bridgehead atoms. The molecule has 19 heavy (non-hydrogen) atoms. The van der Waals surface area contributed by atoms with E-state index in [1.54, 1.807) is 12.1 Å². The molecule has 0 saturated heterocycles. The van der Waals surface area contributed by atoms with Crippen molar-refractivity contribution in [3.8, 4) is 5.88 Å². The zero-order valence-electron chi connectivity index (χ0n) is 11.9. The molecule has 0 aromatic carbocycles. The van der Waals surface area contributed by atoms with Crippen molar-refractivity contribution in [2.75, 3.05) is 6.61 Å². The maximum Gasteiger partial charge on any atom is 0.253 e. The average molecular weight is 266 g/mol. The number of amides is 1. The first kappa shape index (κ1) is 15.4. The molecule has 0 aliphatic rings. The molecule has 2 N–H and O–H groups in total. The van der Waals surface area contributed by atoms with Crippen LogP contribution in [0.15, 0.2) is 18.3 Å². The molecule has 0 spiro atoms. The highest BCUT2D eigenvalue weighted by Crippen LogP contribution is 2.15. The molecule has 0 saturated carbocycles. The van der Waals surface area contributed by atoms with Gasteiger partial charge in [-0.15, -0.1) is 0 Å². The lowest BCUT2D eigenvalue weighted by Crippen LogP contribution is -2.36. The number of nitrogens with zero attached hydrogens (tertiary/aromatic N) is 1. The molecule has 1 atom stereocenters. The van der Waals surface area contributed by atoms with Crippen LogP contribution >= 0.6 is 0 Å². The third kappa shape index (κ3) is 5.26. The lowest BCUT2D eigenvalue weighted by atomic mass is 10.2. The Morgan fingerprint density at radius 1 is 1.47 bits per heavy atom. The highest BCUT2D eigenvalue weighted by molar-refractivity contribution is 5.94. The summed E-state index contributed by atoms with van der Waals surface area (Å²) in [6, 6.07) is 3.10. The Labute approximate surface area is 114 Å². The second-order valence-electron chi connectivity index (χ2n) is 5.36. The molecule has 1 amide bonds. The third-order valence-electron chi connectivity index (χ3n) is 2.46. The molecule has 1 aromatic heterocycles. The van der Waals surface area contributed by atoms with Gasteiger partial charge in [0.25, 0.3) is 5.91 Å². The van der Waals surface area contributed by atoms with E-state index >= 15 is 0 Å². The SMILES string of the molecule is CCC(CO)NC(=O)c1ccc(OC(C)(C)C)nc1. The van der Waals surface area contributed by atoms with Gasteiger partial charge in [0.05, 0.1) is 18.2 Å². The van der Waals surface area contributed by atoms with Gasteiger partial charge in [0.15, 0.2) is 0 Å². The van der Waals surface area contributed by atoms with Crippen molar-refractivity contribution in [1.29, 1.82) is 0 Å². The van der Waals surface area contributed by atoms with Crippen molar-refractivity contribution in [3.05, 3.63) is 23.9 Å². The van der Waals surface area contributed by atoms with Crippen molar-refractivity contribution < 1.29 is 14.6 Å². The van der Waals surface area contributed by atoms with Crippen LogP contribution in [0.4, 0.5) is 0 Å². The number of pyridine rings is 1. The fourth-order valence-corrected chi connectivity index (χ4v) is 1.43. The van der Waals surface area contributed by atoms with E-state index in [1.165, 1.54) is 6.20 Å². The minimum absolute atomic E-state index is 0.0686. The van der Waals surface area contributed by atoms with Crippen molar-refractivity contribution in [2.24, 2.45) is 0 Å². The van der Waals surface area contributed by atoms with Crippen LogP contribution in [0, 0.1) is 0 Å². The van der Waals surface area contributed by atoms with Gasteiger partial charge in [-0.3, -0.25) is 4.79 Å². The number of carbonyl (C=O) groups is 1. The zero-order chi connectivity index (χ0) is 14.5. The van der Waals surface area contributed by atoms with E-state index in [-0.39, 0.29) is 24.2 Å². The topological polar surface area (TPSA) is 71.5 Å². The highest BCUT2D eigenvalue weighted by Gasteiger charge is 2.14. The minimum Gasteiger partial charge on any atom is -0.472 e. The summed E-state index contributed by atoms with van der Waals surface area (Å²) in [4.78, 5) is 16.0. The summed E-state index contributed by atoms with van der Waals surface area (Å²) < 4.78 is 5.58. The molecule has 1 rings (SSSR count). The van der Waals surface area contributed by atoms with Crippen molar-refractivity contribution in [1.82, 2.24) is 10.3 Å². The van der Waals surface area contributed by atoms with Gasteiger partial charge in [0.1, 0.15) is 5.60 Å².